The Balaban J connectivity index is 1.53. The van der Waals surface area contributed by atoms with Crippen LogP contribution in [0.25, 0.3) is 10.9 Å². The van der Waals surface area contributed by atoms with Gasteiger partial charge in [0.15, 0.2) is 0 Å². The first-order chi connectivity index (χ1) is 11.8. The van der Waals surface area contributed by atoms with Gasteiger partial charge in [0.25, 0.3) is 0 Å². The molecular weight excluding hydrogens is 296 g/mol. The number of nitrogens with zero attached hydrogens (tertiary/aromatic N) is 2. The van der Waals surface area contributed by atoms with Crippen molar-refractivity contribution in [2.45, 2.75) is 44.2 Å². The van der Waals surface area contributed by atoms with Crippen molar-refractivity contribution in [3.05, 3.63) is 66.1 Å². The lowest BCUT2D eigenvalue weighted by molar-refractivity contribution is 0.0655. The Morgan fingerprint density at radius 1 is 1.04 bits per heavy atom. The number of ether oxygens (including phenoxy) is 1. The second-order valence-electron chi connectivity index (χ2n) is 6.83. The summed E-state index contributed by atoms with van der Waals surface area (Å²) in [6, 6.07) is 15.2. The van der Waals surface area contributed by atoms with E-state index < -0.39 is 0 Å². The molecule has 0 radical (unpaired) electrons. The van der Waals surface area contributed by atoms with Crippen LogP contribution in [0.2, 0.25) is 0 Å². The van der Waals surface area contributed by atoms with Gasteiger partial charge in [-0.25, -0.2) is 0 Å². The predicted molar refractivity (Wildman–Crippen MR) is 97.3 cm³/mol. The van der Waals surface area contributed by atoms with Gasteiger partial charge in [-0.05, 0) is 61.6 Å². The van der Waals surface area contributed by atoms with E-state index in [1.165, 1.54) is 29.5 Å². The highest BCUT2D eigenvalue weighted by Crippen LogP contribution is 2.33. The van der Waals surface area contributed by atoms with Crippen molar-refractivity contribution in [2.75, 3.05) is 7.11 Å². The average Bonchev–Trinajstić information content (AvgIpc) is 3.14. The number of hydrogen-bond donors (Lipinski definition) is 0. The normalized spacial score (nSPS) is 21.2. The largest absolute Gasteiger partial charge is 0.381 e. The fraction of sp³-hybridized carbons (Fsp3) is 0.381. The van der Waals surface area contributed by atoms with Gasteiger partial charge in [0.2, 0.25) is 0 Å². The maximum absolute atomic E-state index is 5.48. The van der Waals surface area contributed by atoms with Crippen molar-refractivity contribution in [2.24, 2.45) is 0 Å². The Bertz CT molecular complexity index is 802. The summed E-state index contributed by atoms with van der Waals surface area (Å²) in [5.41, 5.74) is 3.67. The number of fused-ring (bicyclic) bond motifs is 1. The lowest BCUT2D eigenvalue weighted by Gasteiger charge is -2.27. The number of rotatable bonds is 4. The SMILES string of the molecule is COC1CCC(c2ccc3cc(Cn4cccc4)ccc3n2)CC1. The molecule has 2 heterocycles. The maximum atomic E-state index is 5.48. The molecule has 4 rings (SSSR count). The maximum Gasteiger partial charge on any atom is 0.0705 e. The molecule has 0 aliphatic heterocycles. The first-order valence-electron chi connectivity index (χ1n) is 8.85. The van der Waals surface area contributed by atoms with E-state index in [4.69, 9.17) is 9.72 Å². The Morgan fingerprint density at radius 2 is 1.83 bits per heavy atom. The lowest BCUT2D eigenvalue weighted by atomic mass is 9.85. The predicted octanol–water partition coefficient (Wildman–Crippen LogP) is 4.76. The quantitative estimate of drug-likeness (QED) is 0.693. The van der Waals surface area contributed by atoms with Crippen LogP contribution >= 0.6 is 0 Å². The Kier molecular flexibility index (Phi) is 4.35. The van der Waals surface area contributed by atoms with Crippen LogP contribution in [0.3, 0.4) is 0 Å². The van der Waals surface area contributed by atoms with Crippen molar-refractivity contribution in [1.29, 1.82) is 0 Å². The van der Waals surface area contributed by atoms with E-state index in [-0.39, 0.29) is 0 Å². The molecular formula is C21H24N2O. The van der Waals surface area contributed by atoms with Crippen LogP contribution < -0.4 is 0 Å². The van der Waals surface area contributed by atoms with Crippen LogP contribution in [0.5, 0.6) is 0 Å². The topological polar surface area (TPSA) is 27.1 Å². The first kappa shape index (κ1) is 15.4. The van der Waals surface area contributed by atoms with Gasteiger partial charge in [-0.3, -0.25) is 4.98 Å². The van der Waals surface area contributed by atoms with E-state index in [2.05, 4.69) is 59.4 Å². The smallest absolute Gasteiger partial charge is 0.0705 e. The van der Waals surface area contributed by atoms with Gasteiger partial charge < -0.3 is 9.30 Å². The number of aromatic nitrogens is 2. The summed E-state index contributed by atoms with van der Waals surface area (Å²) in [6.07, 6.45) is 9.31. The van der Waals surface area contributed by atoms with Crippen molar-refractivity contribution >= 4 is 10.9 Å². The number of hydrogen-bond acceptors (Lipinski definition) is 2. The third-order valence-corrected chi connectivity index (χ3v) is 5.23. The molecule has 2 aromatic heterocycles. The van der Waals surface area contributed by atoms with E-state index in [1.54, 1.807) is 0 Å². The summed E-state index contributed by atoms with van der Waals surface area (Å²) < 4.78 is 7.67. The van der Waals surface area contributed by atoms with Crippen LogP contribution in [-0.4, -0.2) is 22.8 Å². The molecule has 0 saturated heterocycles. The van der Waals surface area contributed by atoms with Gasteiger partial charge in [-0.1, -0.05) is 12.1 Å². The standard InChI is InChI=1S/C21H24N2O/c1-24-19-8-5-17(6-9-19)20-11-7-18-14-16(4-10-21(18)22-20)15-23-12-2-3-13-23/h2-4,7,10-14,17,19H,5-6,8-9,15H2,1H3. The molecule has 0 unspecified atom stereocenters. The molecule has 0 amide bonds. The molecule has 1 aromatic carbocycles. The second-order valence-corrected chi connectivity index (χ2v) is 6.83. The molecule has 3 aromatic rings. The third-order valence-electron chi connectivity index (χ3n) is 5.23. The lowest BCUT2D eigenvalue weighted by Crippen LogP contribution is -2.19. The average molecular weight is 320 g/mol. The van der Waals surface area contributed by atoms with Crippen molar-refractivity contribution in [3.63, 3.8) is 0 Å². The monoisotopic (exact) mass is 320 g/mol. The van der Waals surface area contributed by atoms with Crippen LogP contribution in [0.15, 0.2) is 54.9 Å². The molecule has 0 atom stereocenters. The second kappa shape index (κ2) is 6.78. The zero-order valence-corrected chi connectivity index (χ0v) is 14.2. The van der Waals surface area contributed by atoms with Gasteiger partial charge >= 0.3 is 0 Å². The molecule has 3 heteroatoms. The highest BCUT2D eigenvalue weighted by atomic mass is 16.5. The Hall–Kier alpha value is -2.13. The molecule has 24 heavy (non-hydrogen) atoms. The van der Waals surface area contributed by atoms with Crippen LogP contribution in [0, 0.1) is 0 Å². The van der Waals surface area contributed by atoms with Crippen molar-refractivity contribution in [1.82, 2.24) is 9.55 Å². The number of methoxy groups -OCH3 is 1. The Labute approximate surface area is 143 Å². The van der Waals surface area contributed by atoms with E-state index in [0.717, 1.165) is 24.9 Å². The van der Waals surface area contributed by atoms with E-state index in [1.807, 2.05) is 7.11 Å². The molecule has 1 saturated carbocycles. The van der Waals surface area contributed by atoms with Crippen LogP contribution in [0.4, 0.5) is 0 Å². The first-order valence-corrected chi connectivity index (χ1v) is 8.85. The van der Waals surface area contributed by atoms with Gasteiger partial charge in [-0.2, -0.15) is 0 Å². The zero-order valence-electron chi connectivity index (χ0n) is 14.2. The Morgan fingerprint density at radius 3 is 2.58 bits per heavy atom. The summed E-state index contributed by atoms with van der Waals surface area (Å²) in [5, 5.41) is 1.23. The van der Waals surface area contributed by atoms with Crippen molar-refractivity contribution in [3.8, 4) is 0 Å². The summed E-state index contributed by atoms with van der Waals surface area (Å²) in [5.74, 6) is 0.584. The fourth-order valence-electron chi connectivity index (χ4n) is 3.80. The summed E-state index contributed by atoms with van der Waals surface area (Å²) in [6.45, 7) is 0.908. The van der Waals surface area contributed by atoms with Gasteiger partial charge in [0.1, 0.15) is 0 Å². The molecule has 124 valence electrons. The van der Waals surface area contributed by atoms with E-state index >= 15 is 0 Å². The van der Waals surface area contributed by atoms with Gasteiger partial charge in [0, 0.05) is 43.0 Å². The summed E-state index contributed by atoms with van der Waals surface area (Å²) in [4.78, 5) is 4.94. The van der Waals surface area contributed by atoms with Crippen molar-refractivity contribution < 1.29 is 4.74 Å². The number of benzene rings is 1. The summed E-state index contributed by atoms with van der Waals surface area (Å²) >= 11 is 0. The molecule has 0 bridgehead atoms. The highest BCUT2D eigenvalue weighted by molar-refractivity contribution is 5.79. The van der Waals surface area contributed by atoms with Crippen LogP contribution in [0.1, 0.15) is 42.9 Å². The molecule has 0 spiro atoms. The number of pyridine rings is 1. The minimum atomic E-state index is 0.443. The summed E-state index contributed by atoms with van der Waals surface area (Å²) in [7, 11) is 1.82. The van der Waals surface area contributed by atoms with E-state index in [9.17, 15) is 0 Å². The minimum absolute atomic E-state index is 0.443. The molecule has 1 aliphatic rings. The molecule has 1 aliphatic carbocycles. The van der Waals surface area contributed by atoms with E-state index in [0.29, 0.717) is 12.0 Å². The van der Waals surface area contributed by atoms with Gasteiger partial charge in [-0.15, -0.1) is 0 Å². The molecule has 3 nitrogen and oxygen atoms in total. The van der Waals surface area contributed by atoms with Crippen LogP contribution in [-0.2, 0) is 11.3 Å². The fourth-order valence-corrected chi connectivity index (χ4v) is 3.80. The van der Waals surface area contributed by atoms with Gasteiger partial charge in [0.05, 0.1) is 11.6 Å². The molecule has 1 fully saturated rings. The third kappa shape index (κ3) is 3.22. The highest BCUT2D eigenvalue weighted by Gasteiger charge is 2.23. The zero-order chi connectivity index (χ0) is 16.4. The molecule has 0 N–H and O–H groups in total. The minimum Gasteiger partial charge on any atom is -0.381 e.